The first-order chi connectivity index (χ1) is 22.0. The van der Waals surface area contributed by atoms with E-state index in [-0.39, 0.29) is 56.8 Å². The van der Waals surface area contributed by atoms with E-state index in [1.807, 2.05) is 0 Å². The molecule has 0 radical (unpaired) electrons. The van der Waals surface area contributed by atoms with Crippen LogP contribution in [-0.4, -0.2) is 76.0 Å². The molecule has 0 saturated carbocycles. The number of hydrogen-bond acceptors (Lipinski definition) is 12. The number of benzene rings is 4. The molecule has 0 aliphatic heterocycles. The van der Waals surface area contributed by atoms with E-state index in [0.717, 1.165) is 0 Å². The van der Waals surface area contributed by atoms with E-state index in [4.69, 9.17) is 28.4 Å². The Morgan fingerprint density at radius 3 is 0.978 bits per heavy atom. The maximum Gasteiger partial charge on any atom is 0.237 e. The Hall–Kier alpha value is -6.04. The van der Waals surface area contributed by atoms with E-state index in [9.17, 15) is 29.4 Å². The summed E-state index contributed by atoms with van der Waals surface area (Å²) >= 11 is 0. The summed E-state index contributed by atoms with van der Waals surface area (Å²) < 4.78 is 31.5. The zero-order valence-electron chi connectivity index (χ0n) is 25.8. The van der Waals surface area contributed by atoms with Gasteiger partial charge in [-0.25, -0.2) is 0 Å². The highest BCUT2D eigenvalue weighted by molar-refractivity contribution is 6.50. The number of ether oxygens (including phenoxy) is 6. The molecule has 0 aromatic heterocycles. The van der Waals surface area contributed by atoms with Crippen LogP contribution in [0.15, 0.2) is 60.7 Å². The Labute approximate surface area is 263 Å². The largest absolute Gasteiger partial charge is 0.507 e. The van der Waals surface area contributed by atoms with Gasteiger partial charge in [-0.05, 0) is 59.7 Å². The summed E-state index contributed by atoms with van der Waals surface area (Å²) in [7, 11) is 8.26. The van der Waals surface area contributed by atoms with Crippen LogP contribution in [0.4, 0.5) is 0 Å². The van der Waals surface area contributed by atoms with Crippen molar-refractivity contribution < 1.29 is 57.8 Å². The number of phenols is 2. The van der Waals surface area contributed by atoms with Gasteiger partial charge >= 0.3 is 0 Å². The fraction of sp³-hybridized carbons (Fsp3) is 0.176. The van der Waals surface area contributed by atoms with E-state index in [1.54, 1.807) is 0 Å². The molecule has 238 valence electrons. The first kappa shape index (κ1) is 32.9. The van der Waals surface area contributed by atoms with Gasteiger partial charge in [-0.15, -0.1) is 0 Å². The zero-order chi connectivity index (χ0) is 33.7. The monoisotopic (exact) mass is 630 g/mol. The SMILES string of the molecule is COc1cc(C(=O)C(=O)c2ccc(-c3ccc(C(=O)C(=O)c4cc(OC)c(OC)c(OC)c4)c(O)c3)cc2O)cc(OC)c1OC. The molecular weight excluding hydrogens is 600 g/mol. The Bertz CT molecular complexity index is 1670. The van der Waals surface area contributed by atoms with Crippen molar-refractivity contribution in [2.24, 2.45) is 0 Å². The number of rotatable bonds is 13. The molecule has 0 unspecified atom stereocenters. The number of phenolic OH excluding ortho intramolecular Hbond substituents is 2. The molecule has 0 saturated heterocycles. The van der Waals surface area contributed by atoms with E-state index >= 15 is 0 Å². The van der Waals surface area contributed by atoms with Crippen LogP contribution in [-0.2, 0) is 0 Å². The average molecular weight is 631 g/mol. The lowest BCUT2D eigenvalue weighted by molar-refractivity contribution is 0.0814. The summed E-state index contributed by atoms with van der Waals surface area (Å²) in [5.74, 6) is -3.69. The second kappa shape index (κ2) is 13.7. The smallest absolute Gasteiger partial charge is 0.237 e. The third-order valence-electron chi connectivity index (χ3n) is 7.08. The molecule has 12 nitrogen and oxygen atoms in total. The van der Waals surface area contributed by atoms with Crippen LogP contribution in [0.1, 0.15) is 41.4 Å². The first-order valence-corrected chi connectivity index (χ1v) is 13.5. The van der Waals surface area contributed by atoms with E-state index in [1.165, 1.54) is 103 Å². The number of hydrogen-bond donors (Lipinski definition) is 2. The fourth-order valence-electron chi connectivity index (χ4n) is 4.74. The number of Topliss-reactive ketones (excluding diaryl/α,β-unsaturated/α-hetero) is 4. The highest BCUT2D eigenvalue weighted by Gasteiger charge is 2.27. The van der Waals surface area contributed by atoms with E-state index in [2.05, 4.69) is 0 Å². The quantitative estimate of drug-likeness (QED) is 0.151. The van der Waals surface area contributed by atoms with Crippen LogP contribution in [0.2, 0.25) is 0 Å². The Morgan fingerprint density at radius 1 is 0.435 bits per heavy atom. The van der Waals surface area contributed by atoms with Crippen LogP contribution in [0, 0.1) is 0 Å². The topological polar surface area (TPSA) is 164 Å². The average Bonchev–Trinajstić information content (AvgIpc) is 3.08. The molecule has 0 atom stereocenters. The number of aromatic hydroxyl groups is 2. The molecule has 4 rings (SSSR count). The second-order valence-electron chi connectivity index (χ2n) is 9.61. The van der Waals surface area contributed by atoms with Crippen molar-refractivity contribution in [3.8, 4) is 57.1 Å². The Morgan fingerprint density at radius 2 is 0.739 bits per heavy atom. The molecule has 12 heteroatoms. The zero-order valence-corrected chi connectivity index (χ0v) is 25.8. The highest BCUT2D eigenvalue weighted by Crippen LogP contribution is 2.40. The van der Waals surface area contributed by atoms with Gasteiger partial charge in [0.2, 0.25) is 34.6 Å². The van der Waals surface area contributed by atoms with Gasteiger partial charge in [0.1, 0.15) is 11.5 Å². The van der Waals surface area contributed by atoms with Gasteiger partial charge in [0.15, 0.2) is 23.0 Å². The number of methoxy groups -OCH3 is 6. The number of carbonyl (C=O) groups is 4. The molecule has 4 aromatic rings. The molecule has 4 aromatic carbocycles. The van der Waals surface area contributed by atoms with Gasteiger partial charge in [-0.3, -0.25) is 19.2 Å². The van der Waals surface area contributed by atoms with Crippen molar-refractivity contribution in [3.05, 3.63) is 82.9 Å². The van der Waals surface area contributed by atoms with Crippen molar-refractivity contribution in [1.29, 1.82) is 0 Å². The third-order valence-corrected chi connectivity index (χ3v) is 7.08. The van der Waals surface area contributed by atoms with Crippen LogP contribution >= 0.6 is 0 Å². The number of carbonyl (C=O) groups excluding carboxylic acids is 4. The van der Waals surface area contributed by atoms with Crippen molar-refractivity contribution in [1.82, 2.24) is 0 Å². The second-order valence-corrected chi connectivity index (χ2v) is 9.61. The van der Waals surface area contributed by atoms with Gasteiger partial charge in [-0.1, -0.05) is 12.1 Å². The lowest BCUT2D eigenvalue weighted by Gasteiger charge is -2.14. The van der Waals surface area contributed by atoms with Gasteiger partial charge in [0, 0.05) is 11.1 Å². The summed E-state index contributed by atoms with van der Waals surface area (Å²) in [5.41, 5.74) is 0.0615. The molecule has 0 spiro atoms. The first-order valence-electron chi connectivity index (χ1n) is 13.5. The van der Waals surface area contributed by atoms with Crippen molar-refractivity contribution in [2.45, 2.75) is 0 Å². The molecule has 0 aliphatic rings. The summed E-state index contributed by atoms with van der Waals surface area (Å²) in [6, 6.07) is 13.2. The Kier molecular flexibility index (Phi) is 9.80. The van der Waals surface area contributed by atoms with Crippen LogP contribution in [0.25, 0.3) is 11.1 Å². The Balaban J connectivity index is 1.60. The minimum Gasteiger partial charge on any atom is -0.507 e. The highest BCUT2D eigenvalue weighted by atomic mass is 16.5. The van der Waals surface area contributed by atoms with Crippen molar-refractivity contribution in [3.63, 3.8) is 0 Å². The summed E-state index contributed by atoms with van der Waals surface area (Å²) in [6.45, 7) is 0. The molecular formula is C34H30O12. The summed E-state index contributed by atoms with van der Waals surface area (Å²) in [4.78, 5) is 52.3. The van der Waals surface area contributed by atoms with Crippen LogP contribution in [0.3, 0.4) is 0 Å². The van der Waals surface area contributed by atoms with Gasteiger partial charge in [0.05, 0.1) is 53.8 Å². The minimum atomic E-state index is -0.993. The van der Waals surface area contributed by atoms with Gasteiger partial charge in [-0.2, -0.15) is 0 Å². The number of ketones is 4. The molecule has 2 N–H and O–H groups in total. The van der Waals surface area contributed by atoms with Crippen molar-refractivity contribution in [2.75, 3.05) is 42.7 Å². The third kappa shape index (κ3) is 6.13. The van der Waals surface area contributed by atoms with Crippen LogP contribution in [0.5, 0.6) is 46.0 Å². The fourth-order valence-corrected chi connectivity index (χ4v) is 4.74. The molecule has 46 heavy (non-hydrogen) atoms. The van der Waals surface area contributed by atoms with Crippen LogP contribution < -0.4 is 28.4 Å². The molecule has 0 fully saturated rings. The lowest BCUT2D eigenvalue weighted by atomic mass is 9.95. The summed E-state index contributed by atoms with van der Waals surface area (Å²) in [6.07, 6.45) is 0. The van der Waals surface area contributed by atoms with E-state index < -0.39 is 34.6 Å². The predicted octanol–water partition coefficient (Wildman–Crippen LogP) is 4.95. The van der Waals surface area contributed by atoms with E-state index in [0.29, 0.717) is 11.1 Å². The van der Waals surface area contributed by atoms with Gasteiger partial charge < -0.3 is 38.6 Å². The maximum atomic E-state index is 13.1. The normalized spacial score (nSPS) is 10.5. The maximum absolute atomic E-state index is 13.1. The predicted molar refractivity (Wildman–Crippen MR) is 165 cm³/mol. The van der Waals surface area contributed by atoms with Gasteiger partial charge in [0.25, 0.3) is 0 Å². The lowest BCUT2D eigenvalue weighted by Crippen LogP contribution is -2.15. The standard InChI is InChI=1S/C34H30O12/c1-41-25-13-19(14-26(42-2)33(25)45-5)29(37)31(39)21-9-7-17(11-23(21)35)18-8-10-22(24(36)12-18)32(40)30(38)20-15-27(43-3)34(46-6)28(16-20)44-4/h7-16,35-36H,1-6H3. The minimum absolute atomic E-state index is 0.0470. The van der Waals surface area contributed by atoms with Crippen molar-refractivity contribution >= 4 is 23.1 Å². The molecule has 0 aliphatic carbocycles. The summed E-state index contributed by atoms with van der Waals surface area (Å²) in [5, 5.41) is 21.4. The molecule has 0 heterocycles. The molecule has 0 bridgehead atoms. The molecule has 0 amide bonds.